The van der Waals surface area contributed by atoms with E-state index in [1.54, 1.807) is 18.5 Å². The first kappa shape index (κ1) is 13.2. The number of rotatable bonds is 4. The van der Waals surface area contributed by atoms with Crippen LogP contribution in [0, 0.1) is 5.82 Å². The molecule has 0 unspecified atom stereocenters. The van der Waals surface area contributed by atoms with Crippen LogP contribution in [0.3, 0.4) is 0 Å². The van der Waals surface area contributed by atoms with Crippen molar-refractivity contribution in [1.82, 2.24) is 4.98 Å². The summed E-state index contributed by atoms with van der Waals surface area (Å²) in [7, 11) is 0. The van der Waals surface area contributed by atoms with Crippen molar-refractivity contribution in [3.63, 3.8) is 0 Å². The van der Waals surface area contributed by atoms with Crippen LogP contribution in [0.15, 0.2) is 36.7 Å². The number of nitrogens with zero attached hydrogens (tertiary/aromatic N) is 1. The molecule has 2 rings (SSSR count). The standard InChI is InChI=1S/C15H14FNO2/c1-10(2)19-14-6-12(7-17-8-14)11-3-4-15(16)13(5-11)9-18/h3-10H,1-2H3. The van der Waals surface area contributed by atoms with Crippen LogP contribution in [0.2, 0.25) is 0 Å². The molecule has 3 nitrogen and oxygen atoms in total. The molecule has 1 heterocycles. The molecule has 0 bridgehead atoms. The monoisotopic (exact) mass is 259 g/mol. The van der Waals surface area contributed by atoms with Gasteiger partial charge in [-0.1, -0.05) is 6.07 Å². The molecular formula is C15H14FNO2. The van der Waals surface area contributed by atoms with Crippen molar-refractivity contribution in [3.05, 3.63) is 48.0 Å². The minimum absolute atomic E-state index is 0.0349. The van der Waals surface area contributed by atoms with Gasteiger partial charge in [0, 0.05) is 11.8 Å². The van der Waals surface area contributed by atoms with E-state index in [1.807, 2.05) is 19.9 Å². The van der Waals surface area contributed by atoms with Crippen molar-refractivity contribution >= 4 is 6.29 Å². The van der Waals surface area contributed by atoms with Crippen LogP contribution in [0.1, 0.15) is 24.2 Å². The number of aromatic nitrogens is 1. The van der Waals surface area contributed by atoms with Crippen molar-refractivity contribution in [2.24, 2.45) is 0 Å². The third kappa shape index (κ3) is 3.16. The number of hydrogen-bond donors (Lipinski definition) is 0. The maximum Gasteiger partial charge on any atom is 0.153 e. The Morgan fingerprint density at radius 3 is 2.68 bits per heavy atom. The Morgan fingerprint density at radius 1 is 1.21 bits per heavy atom. The molecule has 0 atom stereocenters. The van der Waals surface area contributed by atoms with E-state index in [0.717, 1.165) is 11.1 Å². The van der Waals surface area contributed by atoms with Gasteiger partial charge in [-0.2, -0.15) is 0 Å². The summed E-state index contributed by atoms with van der Waals surface area (Å²) in [5.74, 6) is 0.116. The molecule has 19 heavy (non-hydrogen) atoms. The van der Waals surface area contributed by atoms with Crippen molar-refractivity contribution in [1.29, 1.82) is 0 Å². The first-order valence-corrected chi connectivity index (χ1v) is 5.97. The number of ether oxygens (including phenoxy) is 1. The molecule has 0 saturated heterocycles. The van der Waals surface area contributed by atoms with Crippen LogP contribution in [0.5, 0.6) is 5.75 Å². The van der Waals surface area contributed by atoms with E-state index in [2.05, 4.69) is 4.98 Å². The molecule has 1 aromatic heterocycles. The fourth-order valence-corrected chi connectivity index (χ4v) is 1.73. The second kappa shape index (κ2) is 5.61. The Balaban J connectivity index is 2.38. The fraction of sp³-hybridized carbons (Fsp3) is 0.200. The first-order valence-electron chi connectivity index (χ1n) is 5.97. The number of carbonyl (C=O) groups excluding carboxylic acids is 1. The maximum absolute atomic E-state index is 13.3. The molecule has 2 aromatic rings. The molecule has 98 valence electrons. The summed E-state index contributed by atoms with van der Waals surface area (Å²) >= 11 is 0. The Bertz CT molecular complexity index is 596. The molecule has 0 N–H and O–H groups in total. The van der Waals surface area contributed by atoms with Crippen LogP contribution in [-0.2, 0) is 0 Å². The topological polar surface area (TPSA) is 39.2 Å². The second-order valence-electron chi connectivity index (χ2n) is 4.43. The smallest absolute Gasteiger partial charge is 0.153 e. The number of benzene rings is 1. The summed E-state index contributed by atoms with van der Waals surface area (Å²) in [4.78, 5) is 14.8. The van der Waals surface area contributed by atoms with Gasteiger partial charge in [-0.05, 0) is 37.6 Å². The van der Waals surface area contributed by atoms with Gasteiger partial charge in [0.15, 0.2) is 6.29 Å². The summed E-state index contributed by atoms with van der Waals surface area (Å²) in [5.41, 5.74) is 1.54. The van der Waals surface area contributed by atoms with Gasteiger partial charge in [0.2, 0.25) is 0 Å². The highest BCUT2D eigenvalue weighted by Gasteiger charge is 2.06. The van der Waals surface area contributed by atoms with E-state index < -0.39 is 5.82 Å². The van der Waals surface area contributed by atoms with Gasteiger partial charge in [-0.15, -0.1) is 0 Å². The fourth-order valence-electron chi connectivity index (χ4n) is 1.73. The van der Waals surface area contributed by atoms with Crippen LogP contribution in [0.25, 0.3) is 11.1 Å². The lowest BCUT2D eigenvalue weighted by atomic mass is 10.0. The van der Waals surface area contributed by atoms with Gasteiger partial charge in [0.25, 0.3) is 0 Å². The summed E-state index contributed by atoms with van der Waals surface area (Å²) in [6, 6.07) is 6.20. The summed E-state index contributed by atoms with van der Waals surface area (Å²) in [6.45, 7) is 3.85. The van der Waals surface area contributed by atoms with Gasteiger partial charge >= 0.3 is 0 Å². The van der Waals surface area contributed by atoms with Gasteiger partial charge in [-0.3, -0.25) is 9.78 Å². The Kier molecular flexibility index (Phi) is 3.90. The zero-order valence-electron chi connectivity index (χ0n) is 10.8. The van der Waals surface area contributed by atoms with Crippen LogP contribution in [-0.4, -0.2) is 17.4 Å². The third-order valence-electron chi connectivity index (χ3n) is 2.54. The minimum Gasteiger partial charge on any atom is -0.489 e. The zero-order valence-corrected chi connectivity index (χ0v) is 10.8. The summed E-state index contributed by atoms with van der Waals surface area (Å²) < 4.78 is 18.8. The minimum atomic E-state index is -0.527. The number of halogens is 1. The van der Waals surface area contributed by atoms with Crippen molar-refractivity contribution in [2.75, 3.05) is 0 Å². The van der Waals surface area contributed by atoms with Gasteiger partial charge in [0.1, 0.15) is 11.6 Å². The molecule has 0 amide bonds. The van der Waals surface area contributed by atoms with Crippen molar-refractivity contribution in [2.45, 2.75) is 20.0 Å². The summed E-state index contributed by atoms with van der Waals surface area (Å²) in [6.07, 6.45) is 3.82. The van der Waals surface area contributed by atoms with Crippen LogP contribution < -0.4 is 4.74 Å². The lowest BCUT2D eigenvalue weighted by Crippen LogP contribution is -2.05. The van der Waals surface area contributed by atoms with Crippen molar-refractivity contribution in [3.8, 4) is 16.9 Å². The number of aldehydes is 1. The van der Waals surface area contributed by atoms with Crippen LogP contribution >= 0.6 is 0 Å². The molecule has 0 aliphatic heterocycles. The zero-order chi connectivity index (χ0) is 13.8. The Labute approximate surface area is 111 Å². The normalized spacial score (nSPS) is 10.5. The maximum atomic E-state index is 13.3. The SMILES string of the molecule is CC(C)Oc1cncc(-c2ccc(F)c(C=O)c2)c1. The number of carbonyl (C=O) groups is 1. The Hall–Kier alpha value is -2.23. The second-order valence-corrected chi connectivity index (χ2v) is 4.43. The lowest BCUT2D eigenvalue weighted by Gasteiger charge is -2.10. The van der Waals surface area contributed by atoms with E-state index in [1.165, 1.54) is 12.1 Å². The van der Waals surface area contributed by atoms with E-state index in [0.29, 0.717) is 12.0 Å². The lowest BCUT2D eigenvalue weighted by molar-refractivity contribution is 0.112. The molecule has 0 saturated carbocycles. The summed E-state index contributed by atoms with van der Waals surface area (Å²) in [5, 5.41) is 0. The average molecular weight is 259 g/mol. The molecule has 4 heteroatoms. The van der Waals surface area contributed by atoms with Gasteiger partial charge < -0.3 is 4.74 Å². The van der Waals surface area contributed by atoms with Crippen molar-refractivity contribution < 1.29 is 13.9 Å². The highest BCUT2D eigenvalue weighted by molar-refractivity contribution is 5.79. The highest BCUT2D eigenvalue weighted by atomic mass is 19.1. The van der Waals surface area contributed by atoms with Crippen LogP contribution in [0.4, 0.5) is 4.39 Å². The molecule has 0 aliphatic carbocycles. The first-order chi connectivity index (χ1) is 9.10. The molecular weight excluding hydrogens is 245 g/mol. The molecule has 0 spiro atoms. The molecule has 0 aliphatic rings. The van der Waals surface area contributed by atoms with E-state index in [-0.39, 0.29) is 11.7 Å². The van der Waals surface area contributed by atoms with E-state index in [9.17, 15) is 9.18 Å². The molecule has 0 radical (unpaired) electrons. The highest BCUT2D eigenvalue weighted by Crippen LogP contribution is 2.24. The number of pyridine rings is 1. The van der Waals surface area contributed by atoms with Gasteiger partial charge in [-0.25, -0.2) is 4.39 Å². The van der Waals surface area contributed by atoms with E-state index >= 15 is 0 Å². The number of hydrogen-bond acceptors (Lipinski definition) is 3. The largest absolute Gasteiger partial charge is 0.489 e. The van der Waals surface area contributed by atoms with Gasteiger partial charge in [0.05, 0.1) is 17.9 Å². The quantitative estimate of drug-likeness (QED) is 0.789. The molecule has 1 aromatic carbocycles. The Morgan fingerprint density at radius 2 is 2.00 bits per heavy atom. The third-order valence-corrected chi connectivity index (χ3v) is 2.54. The van der Waals surface area contributed by atoms with E-state index in [4.69, 9.17) is 4.74 Å². The predicted molar refractivity (Wildman–Crippen MR) is 70.8 cm³/mol. The average Bonchev–Trinajstić information content (AvgIpc) is 2.39. The predicted octanol–water partition coefficient (Wildman–Crippen LogP) is 3.49. The molecule has 0 fully saturated rings.